The minimum atomic E-state index is -0.225. The lowest BCUT2D eigenvalue weighted by Gasteiger charge is -2.32. The Labute approximate surface area is 223 Å². The fraction of sp³-hybridized carbons (Fsp3) is 0.417. The molecule has 2 aromatic carbocycles. The zero-order valence-electron chi connectivity index (χ0n) is 18.5. The van der Waals surface area contributed by atoms with Crippen molar-refractivity contribution in [2.45, 2.75) is 43.6 Å². The molecule has 2 heterocycles. The summed E-state index contributed by atoms with van der Waals surface area (Å²) in [4.78, 5) is 19.0. The van der Waals surface area contributed by atoms with E-state index in [2.05, 4.69) is 36.8 Å². The maximum atomic E-state index is 13.3. The van der Waals surface area contributed by atoms with Gasteiger partial charge in [-0.1, -0.05) is 40.2 Å². The maximum Gasteiger partial charge on any atom is 0.204 e. The number of piperidine rings is 1. The average Bonchev–Trinajstić information content (AvgIpc) is 3.11. The molecule has 1 aliphatic heterocycles. The highest BCUT2D eigenvalue weighted by Crippen LogP contribution is 2.24. The van der Waals surface area contributed by atoms with Gasteiger partial charge in [-0.3, -0.25) is 4.79 Å². The fourth-order valence-electron chi connectivity index (χ4n) is 4.07. The molecule has 3 aromatic rings. The highest BCUT2D eigenvalue weighted by atomic mass is 79.9. The van der Waals surface area contributed by atoms with Crippen molar-refractivity contribution < 1.29 is 9.18 Å². The number of fused-ring (bicyclic) bond motifs is 1. The standard InChI is InChI=1S/C24H28BrFN4O.2BrH/c1-17(25)23(31)12-15-29-13-10-20(11-14-29)27-24-28-21-4-2-3-5-22(21)30(24)16-18-6-8-19(26)9-7-18;;/h2-9,17,20H,10-16H2,1H3,(H,27,28);2*1H. The number of rotatable bonds is 8. The van der Waals surface area contributed by atoms with Crippen LogP contribution >= 0.6 is 49.9 Å². The largest absolute Gasteiger partial charge is 0.353 e. The molecule has 0 spiro atoms. The molecule has 4 rings (SSSR count). The van der Waals surface area contributed by atoms with Gasteiger partial charge in [0, 0.05) is 32.1 Å². The van der Waals surface area contributed by atoms with Crippen LogP contribution in [0.25, 0.3) is 11.0 Å². The van der Waals surface area contributed by atoms with Crippen LogP contribution in [0.1, 0.15) is 31.7 Å². The number of carbonyl (C=O) groups excluding carboxylic acids is 1. The van der Waals surface area contributed by atoms with E-state index in [0.717, 1.165) is 55.0 Å². The van der Waals surface area contributed by atoms with Gasteiger partial charge in [0.05, 0.1) is 22.4 Å². The average molecular weight is 649 g/mol. The highest BCUT2D eigenvalue weighted by molar-refractivity contribution is 9.10. The first-order valence-corrected chi connectivity index (χ1v) is 11.8. The van der Waals surface area contributed by atoms with Gasteiger partial charge in [0.25, 0.3) is 0 Å². The van der Waals surface area contributed by atoms with Gasteiger partial charge in [0.15, 0.2) is 0 Å². The molecular formula is C24H30Br3FN4O. The predicted molar refractivity (Wildman–Crippen MR) is 147 cm³/mol. The molecule has 1 atom stereocenters. The number of nitrogens with one attached hydrogen (secondary N) is 1. The number of carbonyl (C=O) groups is 1. The third kappa shape index (κ3) is 7.34. The molecule has 0 aliphatic carbocycles. The number of halogens is 4. The Hall–Kier alpha value is -1.29. The van der Waals surface area contributed by atoms with E-state index in [1.54, 1.807) is 0 Å². The van der Waals surface area contributed by atoms with E-state index in [1.807, 2.05) is 37.3 Å². The van der Waals surface area contributed by atoms with E-state index in [-0.39, 0.29) is 50.4 Å². The lowest BCUT2D eigenvalue weighted by molar-refractivity contribution is -0.118. The van der Waals surface area contributed by atoms with Crippen LogP contribution < -0.4 is 5.32 Å². The molecule has 1 saturated heterocycles. The molecule has 33 heavy (non-hydrogen) atoms. The Morgan fingerprint density at radius 2 is 1.82 bits per heavy atom. The van der Waals surface area contributed by atoms with Crippen molar-refractivity contribution in [3.63, 3.8) is 0 Å². The Balaban J connectivity index is 0.00000193. The summed E-state index contributed by atoms with van der Waals surface area (Å²) in [6.45, 7) is 5.29. The second-order valence-corrected chi connectivity index (χ2v) is 9.60. The van der Waals surface area contributed by atoms with Gasteiger partial charge in [-0.25, -0.2) is 9.37 Å². The van der Waals surface area contributed by atoms with E-state index in [4.69, 9.17) is 4.98 Å². The molecule has 1 unspecified atom stereocenters. The zero-order valence-corrected chi connectivity index (χ0v) is 23.6. The summed E-state index contributed by atoms with van der Waals surface area (Å²) in [6, 6.07) is 15.1. The van der Waals surface area contributed by atoms with Gasteiger partial charge < -0.3 is 14.8 Å². The van der Waals surface area contributed by atoms with E-state index in [1.165, 1.54) is 12.1 Å². The number of alkyl halides is 1. The number of ketones is 1. The summed E-state index contributed by atoms with van der Waals surface area (Å²) >= 11 is 3.35. The van der Waals surface area contributed by atoms with Crippen LogP contribution in [0.2, 0.25) is 0 Å². The van der Waals surface area contributed by atoms with Crippen LogP contribution in [0.15, 0.2) is 48.5 Å². The van der Waals surface area contributed by atoms with Crippen molar-refractivity contribution in [3.8, 4) is 0 Å². The number of hydrogen-bond acceptors (Lipinski definition) is 4. The Bertz CT molecular complexity index is 1030. The fourth-order valence-corrected chi connectivity index (χ4v) is 4.30. The molecule has 0 radical (unpaired) electrons. The van der Waals surface area contributed by atoms with Crippen LogP contribution in [0.4, 0.5) is 10.3 Å². The van der Waals surface area contributed by atoms with Gasteiger partial charge in [0.2, 0.25) is 5.95 Å². The second-order valence-electron chi connectivity index (χ2n) is 8.23. The van der Waals surface area contributed by atoms with Crippen LogP contribution in [0.5, 0.6) is 0 Å². The number of nitrogens with zero attached hydrogens (tertiary/aromatic N) is 3. The minimum Gasteiger partial charge on any atom is -0.353 e. The molecule has 1 aliphatic rings. The normalized spacial score (nSPS) is 15.5. The maximum absolute atomic E-state index is 13.3. The van der Waals surface area contributed by atoms with Crippen molar-refractivity contribution in [3.05, 3.63) is 59.9 Å². The first-order valence-electron chi connectivity index (χ1n) is 10.8. The molecule has 1 N–H and O–H groups in total. The van der Waals surface area contributed by atoms with E-state index < -0.39 is 0 Å². The topological polar surface area (TPSA) is 50.2 Å². The lowest BCUT2D eigenvalue weighted by Crippen LogP contribution is -2.40. The quantitative estimate of drug-likeness (QED) is 0.305. The van der Waals surface area contributed by atoms with Crippen LogP contribution in [0.3, 0.4) is 0 Å². The van der Waals surface area contributed by atoms with Gasteiger partial charge in [-0.15, -0.1) is 34.0 Å². The molecule has 1 fully saturated rings. The van der Waals surface area contributed by atoms with Crippen molar-refractivity contribution in [1.29, 1.82) is 0 Å². The number of imidazole rings is 1. The van der Waals surface area contributed by atoms with Crippen molar-refractivity contribution in [2.24, 2.45) is 0 Å². The zero-order chi connectivity index (χ0) is 21.8. The SMILES string of the molecule is Br.Br.CC(Br)C(=O)CCN1CCC(Nc2nc3ccccc3n2Cc2ccc(F)cc2)CC1. The monoisotopic (exact) mass is 646 g/mol. The molecular weight excluding hydrogens is 619 g/mol. The number of likely N-dealkylation sites (tertiary alicyclic amines) is 1. The molecule has 180 valence electrons. The number of benzene rings is 2. The van der Waals surface area contributed by atoms with Crippen molar-refractivity contribution >= 4 is 72.7 Å². The van der Waals surface area contributed by atoms with E-state index >= 15 is 0 Å². The number of hydrogen-bond donors (Lipinski definition) is 1. The number of para-hydroxylation sites is 2. The van der Waals surface area contributed by atoms with Crippen molar-refractivity contribution in [2.75, 3.05) is 25.0 Å². The molecule has 0 saturated carbocycles. The summed E-state index contributed by atoms with van der Waals surface area (Å²) in [5, 5.41) is 3.65. The van der Waals surface area contributed by atoms with Gasteiger partial charge in [0.1, 0.15) is 11.6 Å². The van der Waals surface area contributed by atoms with Crippen LogP contribution in [0, 0.1) is 5.82 Å². The van der Waals surface area contributed by atoms with Crippen LogP contribution in [-0.2, 0) is 11.3 Å². The summed E-state index contributed by atoms with van der Waals surface area (Å²) in [7, 11) is 0. The van der Waals surface area contributed by atoms with Gasteiger partial charge in [-0.05, 0) is 49.6 Å². The van der Waals surface area contributed by atoms with E-state index in [9.17, 15) is 9.18 Å². The number of aromatic nitrogens is 2. The number of Topliss-reactive ketones (excluding diaryl/α,β-unsaturated/α-hetero) is 1. The molecule has 0 amide bonds. The van der Waals surface area contributed by atoms with Crippen molar-refractivity contribution in [1.82, 2.24) is 14.5 Å². The molecule has 0 bridgehead atoms. The predicted octanol–water partition coefficient (Wildman–Crippen LogP) is 6.00. The first-order chi connectivity index (χ1) is 15.0. The summed E-state index contributed by atoms with van der Waals surface area (Å²) in [5.74, 6) is 0.888. The van der Waals surface area contributed by atoms with Crippen LogP contribution in [-0.4, -0.2) is 50.7 Å². The minimum absolute atomic E-state index is 0. The molecule has 5 nitrogen and oxygen atoms in total. The Morgan fingerprint density at radius 3 is 2.48 bits per heavy atom. The summed E-state index contributed by atoms with van der Waals surface area (Å²) in [6.07, 6.45) is 2.62. The molecule has 9 heteroatoms. The van der Waals surface area contributed by atoms with E-state index in [0.29, 0.717) is 19.0 Å². The van der Waals surface area contributed by atoms with Gasteiger partial charge in [-0.2, -0.15) is 0 Å². The van der Waals surface area contributed by atoms with Gasteiger partial charge >= 0.3 is 0 Å². The smallest absolute Gasteiger partial charge is 0.204 e. The molecule has 1 aromatic heterocycles. The second kappa shape index (κ2) is 13.0. The number of anilines is 1. The first kappa shape index (κ1) is 28.0. The summed E-state index contributed by atoms with van der Waals surface area (Å²) in [5.41, 5.74) is 3.05. The summed E-state index contributed by atoms with van der Waals surface area (Å²) < 4.78 is 15.5. The lowest BCUT2D eigenvalue weighted by atomic mass is 10.0. The third-order valence-electron chi connectivity index (χ3n) is 5.95. The highest BCUT2D eigenvalue weighted by Gasteiger charge is 2.22. The Kier molecular flexibility index (Phi) is 11.0. The third-order valence-corrected chi connectivity index (χ3v) is 6.46. The Morgan fingerprint density at radius 1 is 1.15 bits per heavy atom.